The lowest BCUT2D eigenvalue weighted by molar-refractivity contribution is -0.137. The highest BCUT2D eigenvalue weighted by molar-refractivity contribution is 6.33. The van der Waals surface area contributed by atoms with Gasteiger partial charge in [0.05, 0.1) is 16.3 Å². The molecule has 1 nitrogen and oxygen atoms in total. The summed E-state index contributed by atoms with van der Waals surface area (Å²) in [6, 6.07) is 3.99. The third kappa shape index (κ3) is 3.16. The Bertz CT molecular complexity index is 445. The molecule has 1 fully saturated rings. The highest BCUT2D eigenvalue weighted by Crippen LogP contribution is 2.40. The van der Waals surface area contributed by atoms with Gasteiger partial charge in [-0.3, -0.25) is 0 Å². The molecule has 0 aliphatic heterocycles. The molecule has 0 aromatic heterocycles. The van der Waals surface area contributed by atoms with Crippen LogP contribution in [0.25, 0.3) is 0 Å². The molecule has 0 spiro atoms. The predicted octanol–water partition coefficient (Wildman–Crippen LogP) is 5.35. The van der Waals surface area contributed by atoms with Crippen LogP contribution in [0.15, 0.2) is 18.2 Å². The molecule has 2 unspecified atom stereocenters. The third-order valence-electron chi connectivity index (χ3n) is 3.83. The lowest BCUT2D eigenvalue weighted by Crippen LogP contribution is -2.25. The van der Waals surface area contributed by atoms with E-state index in [1.165, 1.54) is 12.1 Å². The quantitative estimate of drug-likeness (QED) is 0.791. The van der Waals surface area contributed by atoms with Gasteiger partial charge in [0.25, 0.3) is 0 Å². The second-order valence-electron chi connectivity index (χ2n) is 5.01. The van der Waals surface area contributed by atoms with Crippen molar-refractivity contribution in [2.24, 2.45) is 5.92 Å². The number of hydrogen-bond acceptors (Lipinski definition) is 1. The van der Waals surface area contributed by atoms with Gasteiger partial charge in [-0.2, -0.15) is 13.2 Å². The zero-order valence-electron chi connectivity index (χ0n) is 10.7. The van der Waals surface area contributed by atoms with Gasteiger partial charge in [-0.25, -0.2) is 0 Å². The van der Waals surface area contributed by atoms with Gasteiger partial charge in [0.1, 0.15) is 0 Å². The molecule has 0 bridgehead atoms. The lowest BCUT2D eigenvalue weighted by Gasteiger charge is -2.24. The summed E-state index contributed by atoms with van der Waals surface area (Å²) in [4.78, 5) is 0. The molecule has 0 saturated heterocycles. The molecule has 1 N–H and O–H groups in total. The zero-order valence-corrected chi connectivity index (χ0v) is 11.5. The Kier molecular flexibility index (Phi) is 4.29. The van der Waals surface area contributed by atoms with Crippen molar-refractivity contribution < 1.29 is 13.2 Å². The van der Waals surface area contributed by atoms with Gasteiger partial charge < -0.3 is 5.32 Å². The first-order valence-corrected chi connectivity index (χ1v) is 6.93. The highest BCUT2D eigenvalue weighted by Gasteiger charge is 2.36. The average molecular weight is 292 g/mol. The van der Waals surface area contributed by atoms with Crippen LogP contribution in [-0.2, 0) is 6.18 Å². The van der Waals surface area contributed by atoms with Crippen LogP contribution in [0.3, 0.4) is 0 Å². The van der Waals surface area contributed by atoms with Gasteiger partial charge in [0.15, 0.2) is 0 Å². The number of rotatable bonds is 3. The van der Waals surface area contributed by atoms with Gasteiger partial charge in [0, 0.05) is 6.04 Å². The van der Waals surface area contributed by atoms with Crippen molar-refractivity contribution in [3.63, 3.8) is 0 Å². The molecule has 19 heavy (non-hydrogen) atoms. The fourth-order valence-electron chi connectivity index (χ4n) is 2.81. The molecule has 2 rings (SSSR count). The summed E-state index contributed by atoms with van der Waals surface area (Å²) in [6.07, 6.45) is -0.375. The number of nitrogens with one attached hydrogen (secondary N) is 1. The van der Waals surface area contributed by atoms with E-state index < -0.39 is 11.7 Å². The molecule has 1 saturated carbocycles. The Balaban J connectivity index is 2.29. The Labute approximate surface area is 116 Å². The van der Waals surface area contributed by atoms with Crippen molar-refractivity contribution in [1.29, 1.82) is 0 Å². The molecule has 1 aromatic rings. The molecule has 1 aliphatic carbocycles. The van der Waals surface area contributed by atoms with Gasteiger partial charge in [0.2, 0.25) is 0 Å². The highest BCUT2D eigenvalue weighted by atomic mass is 35.5. The second-order valence-corrected chi connectivity index (χ2v) is 5.42. The first kappa shape index (κ1) is 14.5. The average Bonchev–Trinajstić information content (AvgIpc) is 2.77. The summed E-state index contributed by atoms with van der Waals surface area (Å²) in [7, 11) is 0. The van der Waals surface area contributed by atoms with Crippen LogP contribution in [-0.4, -0.2) is 6.04 Å². The summed E-state index contributed by atoms with van der Waals surface area (Å²) in [5, 5.41) is 3.17. The van der Waals surface area contributed by atoms with Crippen molar-refractivity contribution in [2.75, 3.05) is 5.32 Å². The number of hydrogen-bond donors (Lipinski definition) is 1. The van der Waals surface area contributed by atoms with Crippen LogP contribution in [0.4, 0.5) is 18.9 Å². The lowest BCUT2D eigenvalue weighted by atomic mass is 10.00. The van der Waals surface area contributed by atoms with E-state index in [4.69, 9.17) is 11.6 Å². The maximum atomic E-state index is 13.0. The minimum Gasteiger partial charge on any atom is -0.380 e. The van der Waals surface area contributed by atoms with Crippen LogP contribution in [0.1, 0.15) is 38.2 Å². The number of para-hydroxylation sites is 1. The van der Waals surface area contributed by atoms with Gasteiger partial charge in [-0.05, 0) is 30.9 Å². The molecule has 0 radical (unpaired) electrons. The summed E-state index contributed by atoms with van der Waals surface area (Å²) in [5.74, 6) is 0.428. The zero-order chi connectivity index (χ0) is 14.0. The van der Waals surface area contributed by atoms with E-state index >= 15 is 0 Å². The van der Waals surface area contributed by atoms with Crippen LogP contribution in [0.2, 0.25) is 5.02 Å². The second kappa shape index (κ2) is 5.61. The maximum Gasteiger partial charge on any atom is 0.418 e. The molecule has 2 atom stereocenters. The van der Waals surface area contributed by atoms with Gasteiger partial charge in [-0.15, -0.1) is 0 Å². The Morgan fingerprint density at radius 2 is 2.05 bits per heavy atom. The molecule has 1 aliphatic rings. The van der Waals surface area contributed by atoms with E-state index in [1.807, 2.05) is 0 Å². The molecule has 0 heterocycles. The molecule has 0 amide bonds. The van der Waals surface area contributed by atoms with Crippen LogP contribution >= 0.6 is 11.6 Å². The summed E-state index contributed by atoms with van der Waals surface area (Å²) in [5.41, 5.74) is -0.649. The molecule has 5 heteroatoms. The fraction of sp³-hybridized carbons (Fsp3) is 0.571. The number of alkyl halides is 3. The van der Waals surface area contributed by atoms with E-state index in [-0.39, 0.29) is 16.8 Å². The van der Waals surface area contributed by atoms with E-state index in [0.717, 1.165) is 31.7 Å². The number of halogens is 4. The minimum absolute atomic E-state index is 0.0296. The van der Waals surface area contributed by atoms with E-state index in [9.17, 15) is 13.2 Å². The SMILES string of the molecule is CCC1CCCC1Nc1c(Cl)cccc1C(F)(F)F. The van der Waals surface area contributed by atoms with Crippen LogP contribution in [0, 0.1) is 5.92 Å². The van der Waals surface area contributed by atoms with Gasteiger partial charge >= 0.3 is 6.18 Å². The fourth-order valence-corrected chi connectivity index (χ4v) is 3.04. The maximum absolute atomic E-state index is 13.0. The standard InChI is InChI=1S/C14H17ClF3N/c1-2-9-5-3-8-12(9)19-13-10(14(16,17)18)6-4-7-11(13)15/h4,6-7,9,12,19H,2-3,5,8H2,1H3. The largest absolute Gasteiger partial charge is 0.418 e. The van der Waals surface area contributed by atoms with E-state index in [2.05, 4.69) is 12.2 Å². The van der Waals surface area contributed by atoms with Crippen molar-refractivity contribution in [1.82, 2.24) is 0 Å². The van der Waals surface area contributed by atoms with Crippen molar-refractivity contribution in [3.8, 4) is 0 Å². The number of anilines is 1. The minimum atomic E-state index is -4.38. The van der Waals surface area contributed by atoms with Crippen LogP contribution < -0.4 is 5.32 Å². The van der Waals surface area contributed by atoms with E-state index in [1.54, 1.807) is 0 Å². The summed E-state index contributed by atoms with van der Waals surface area (Å²) < 4.78 is 38.9. The third-order valence-corrected chi connectivity index (χ3v) is 4.15. The first-order chi connectivity index (χ1) is 8.93. The normalized spacial score (nSPS) is 23.6. The Morgan fingerprint density at radius 3 is 2.68 bits per heavy atom. The van der Waals surface area contributed by atoms with Crippen molar-refractivity contribution in [3.05, 3.63) is 28.8 Å². The van der Waals surface area contributed by atoms with Crippen LogP contribution in [0.5, 0.6) is 0 Å². The van der Waals surface area contributed by atoms with Gasteiger partial charge in [-0.1, -0.05) is 37.4 Å². The molecule has 106 valence electrons. The smallest absolute Gasteiger partial charge is 0.380 e. The van der Waals surface area contributed by atoms with E-state index in [0.29, 0.717) is 5.92 Å². The predicted molar refractivity (Wildman–Crippen MR) is 71.5 cm³/mol. The monoisotopic (exact) mass is 291 g/mol. The summed E-state index contributed by atoms with van der Waals surface area (Å²) in [6.45, 7) is 2.07. The topological polar surface area (TPSA) is 12.0 Å². The number of benzene rings is 1. The first-order valence-electron chi connectivity index (χ1n) is 6.55. The Morgan fingerprint density at radius 1 is 1.32 bits per heavy atom. The Hall–Kier alpha value is -0.900. The van der Waals surface area contributed by atoms with Crippen molar-refractivity contribution in [2.45, 2.75) is 44.8 Å². The molecule has 1 aromatic carbocycles. The molecular weight excluding hydrogens is 275 g/mol. The summed E-state index contributed by atoms with van der Waals surface area (Å²) >= 11 is 5.94. The van der Waals surface area contributed by atoms with Crippen molar-refractivity contribution >= 4 is 17.3 Å². The molecular formula is C14H17ClF3N.